The van der Waals surface area contributed by atoms with Gasteiger partial charge < -0.3 is 10.4 Å². The predicted molar refractivity (Wildman–Crippen MR) is 74.0 cm³/mol. The first kappa shape index (κ1) is 14.6. The van der Waals surface area contributed by atoms with Crippen molar-refractivity contribution in [1.82, 2.24) is 0 Å². The Morgan fingerprint density at radius 1 is 1.39 bits per heavy atom. The Morgan fingerprint density at radius 2 is 2.17 bits per heavy atom. The maximum atomic E-state index is 11.6. The fraction of sp³-hybridized carbons (Fsp3) is 0.385. The molecule has 1 rings (SSSR count). The monoisotopic (exact) mass is 267 g/mol. The highest BCUT2D eigenvalue weighted by Crippen LogP contribution is 2.12. The van der Waals surface area contributed by atoms with E-state index in [4.69, 9.17) is 5.11 Å². The fourth-order valence-corrected chi connectivity index (χ4v) is 1.97. The third kappa shape index (κ3) is 5.72. The van der Waals surface area contributed by atoms with Gasteiger partial charge in [-0.25, -0.2) is 0 Å². The topological polar surface area (TPSA) is 66.4 Å². The van der Waals surface area contributed by atoms with Gasteiger partial charge in [0.15, 0.2) is 0 Å². The lowest BCUT2D eigenvalue weighted by atomic mass is 10.1. The van der Waals surface area contributed by atoms with Crippen LogP contribution in [0.2, 0.25) is 0 Å². The largest absolute Gasteiger partial charge is 0.481 e. The minimum atomic E-state index is -0.876. The Hall–Kier alpha value is -1.49. The number of hydrogen-bond acceptors (Lipinski definition) is 3. The number of hydrogen-bond donors (Lipinski definition) is 2. The van der Waals surface area contributed by atoms with Crippen LogP contribution in [0.25, 0.3) is 0 Å². The van der Waals surface area contributed by atoms with Crippen LogP contribution in [0.3, 0.4) is 0 Å². The first-order chi connectivity index (χ1) is 8.61. The van der Waals surface area contributed by atoms with Gasteiger partial charge in [0.1, 0.15) is 0 Å². The Balaban J connectivity index is 2.51. The first-order valence-electron chi connectivity index (χ1n) is 5.71. The molecule has 1 aromatic carbocycles. The summed E-state index contributed by atoms with van der Waals surface area (Å²) < 4.78 is 0. The molecule has 0 aliphatic heterocycles. The van der Waals surface area contributed by atoms with E-state index < -0.39 is 5.97 Å². The van der Waals surface area contributed by atoms with Gasteiger partial charge in [0.05, 0.1) is 6.42 Å². The van der Waals surface area contributed by atoms with E-state index in [9.17, 15) is 9.59 Å². The third-order valence-electron chi connectivity index (χ3n) is 2.32. The number of nitrogens with one attached hydrogen (secondary N) is 1. The summed E-state index contributed by atoms with van der Waals surface area (Å²) in [6, 6.07) is 6.94. The Morgan fingerprint density at radius 3 is 2.83 bits per heavy atom. The van der Waals surface area contributed by atoms with Gasteiger partial charge in [0.2, 0.25) is 5.91 Å². The zero-order valence-corrected chi connectivity index (χ0v) is 11.1. The van der Waals surface area contributed by atoms with Crippen LogP contribution in [0.5, 0.6) is 0 Å². The molecule has 0 bridgehead atoms. The van der Waals surface area contributed by atoms with E-state index in [-0.39, 0.29) is 12.3 Å². The van der Waals surface area contributed by atoms with Gasteiger partial charge in [0, 0.05) is 12.1 Å². The fourth-order valence-electron chi connectivity index (χ4n) is 1.53. The zero-order chi connectivity index (χ0) is 13.4. The summed E-state index contributed by atoms with van der Waals surface area (Å²) in [4.78, 5) is 22.2. The van der Waals surface area contributed by atoms with Crippen molar-refractivity contribution in [2.24, 2.45) is 0 Å². The zero-order valence-electron chi connectivity index (χ0n) is 10.3. The van der Waals surface area contributed by atoms with Crippen LogP contribution in [-0.4, -0.2) is 29.0 Å². The van der Waals surface area contributed by atoms with Crippen LogP contribution < -0.4 is 5.32 Å². The normalized spacial score (nSPS) is 10.1. The minimum Gasteiger partial charge on any atom is -0.481 e. The summed E-state index contributed by atoms with van der Waals surface area (Å²) in [6.45, 7) is 0. The van der Waals surface area contributed by atoms with Crippen LogP contribution in [-0.2, 0) is 16.0 Å². The Labute approximate surface area is 111 Å². The van der Waals surface area contributed by atoms with E-state index in [1.54, 1.807) is 36.0 Å². The summed E-state index contributed by atoms with van der Waals surface area (Å²) in [5, 5.41) is 11.5. The minimum absolute atomic E-state index is 0.0310. The van der Waals surface area contributed by atoms with E-state index in [1.165, 1.54) is 0 Å². The van der Waals surface area contributed by atoms with E-state index in [0.717, 1.165) is 12.2 Å². The number of amides is 1. The highest BCUT2D eigenvalue weighted by atomic mass is 32.2. The molecule has 0 aromatic heterocycles. The molecule has 18 heavy (non-hydrogen) atoms. The molecule has 4 nitrogen and oxygen atoms in total. The van der Waals surface area contributed by atoms with Gasteiger partial charge in [-0.2, -0.15) is 11.8 Å². The van der Waals surface area contributed by atoms with Crippen molar-refractivity contribution in [2.75, 3.05) is 17.3 Å². The molecule has 0 atom stereocenters. The summed E-state index contributed by atoms with van der Waals surface area (Å²) in [5.74, 6) is 0.0573. The number of carbonyl (C=O) groups is 2. The maximum absolute atomic E-state index is 11.6. The summed E-state index contributed by atoms with van der Waals surface area (Å²) in [6.07, 6.45) is 3.31. The molecule has 5 heteroatoms. The van der Waals surface area contributed by atoms with Crippen LogP contribution in [0.4, 0.5) is 5.69 Å². The van der Waals surface area contributed by atoms with E-state index >= 15 is 0 Å². The molecule has 1 amide bonds. The van der Waals surface area contributed by atoms with Gasteiger partial charge in [-0.1, -0.05) is 12.1 Å². The molecule has 0 spiro atoms. The van der Waals surface area contributed by atoms with Crippen molar-refractivity contribution in [1.29, 1.82) is 0 Å². The lowest BCUT2D eigenvalue weighted by Gasteiger charge is -2.06. The van der Waals surface area contributed by atoms with Crippen molar-refractivity contribution in [2.45, 2.75) is 19.3 Å². The number of anilines is 1. The van der Waals surface area contributed by atoms with E-state index in [2.05, 4.69) is 5.32 Å². The molecule has 98 valence electrons. The molecule has 0 unspecified atom stereocenters. The smallest absolute Gasteiger partial charge is 0.307 e. The highest BCUT2D eigenvalue weighted by Gasteiger charge is 2.04. The average Bonchev–Trinajstić information content (AvgIpc) is 2.28. The van der Waals surface area contributed by atoms with Crippen molar-refractivity contribution in [3.8, 4) is 0 Å². The van der Waals surface area contributed by atoms with E-state index in [1.807, 2.05) is 6.26 Å². The van der Waals surface area contributed by atoms with Gasteiger partial charge in [0.25, 0.3) is 0 Å². The number of rotatable bonds is 7. The van der Waals surface area contributed by atoms with Crippen molar-refractivity contribution < 1.29 is 14.7 Å². The second kappa shape index (κ2) is 7.76. The van der Waals surface area contributed by atoms with Gasteiger partial charge in [-0.05, 0) is 36.1 Å². The number of thioether (sulfide) groups is 1. The predicted octanol–water partition coefficient (Wildman–Crippen LogP) is 2.40. The van der Waals surface area contributed by atoms with Crippen molar-refractivity contribution in [3.63, 3.8) is 0 Å². The molecular weight excluding hydrogens is 250 g/mol. The lowest BCUT2D eigenvalue weighted by molar-refractivity contribution is -0.136. The van der Waals surface area contributed by atoms with Crippen molar-refractivity contribution >= 4 is 29.3 Å². The number of carboxylic acids is 1. The van der Waals surface area contributed by atoms with Crippen LogP contribution in [0.1, 0.15) is 18.4 Å². The lowest BCUT2D eigenvalue weighted by Crippen LogP contribution is -2.11. The maximum Gasteiger partial charge on any atom is 0.307 e. The molecule has 0 heterocycles. The summed E-state index contributed by atoms with van der Waals surface area (Å²) in [5.41, 5.74) is 1.34. The third-order valence-corrected chi connectivity index (χ3v) is 3.02. The Kier molecular flexibility index (Phi) is 6.28. The quantitative estimate of drug-likeness (QED) is 0.744. The van der Waals surface area contributed by atoms with Gasteiger partial charge in [-0.3, -0.25) is 9.59 Å². The SMILES string of the molecule is CSCCCC(=O)Nc1cccc(CC(=O)O)c1. The van der Waals surface area contributed by atoms with Crippen molar-refractivity contribution in [3.05, 3.63) is 29.8 Å². The molecule has 0 saturated heterocycles. The molecular formula is C13H17NO3S. The number of carbonyl (C=O) groups excluding carboxylic acids is 1. The highest BCUT2D eigenvalue weighted by molar-refractivity contribution is 7.98. The molecule has 1 aromatic rings. The number of carboxylic acid groups (broad SMARTS) is 1. The molecule has 0 fully saturated rings. The molecule has 2 N–H and O–H groups in total. The summed E-state index contributed by atoms with van der Waals surface area (Å²) >= 11 is 1.71. The molecule has 0 aliphatic carbocycles. The number of benzene rings is 1. The standard InChI is InChI=1S/C13H17NO3S/c1-18-7-3-6-12(15)14-11-5-2-4-10(8-11)9-13(16)17/h2,4-5,8H,3,6-7,9H2,1H3,(H,14,15)(H,16,17). The van der Waals surface area contributed by atoms with Crippen LogP contribution in [0.15, 0.2) is 24.3 Å². The first-order valence-corrected chi connectivity index (χ1v) is 7.10. The second-order valence-electron chi connectivity index (χ2n) is 3.92. The molecule has 0 saturated carbocycles. The number of aliphatic carboxylic acids is 1. The Bertz CT molecular complexity index is 420. The molecule has 0 radical (unpaired) electrons. The van der Waals surface area contributed by atoms with Gasteiger partial charge in [-0.15, -0.1) is 0 Å². The summed E-state index contributed by atoms with van der Waals surface area (Å²) in [7, 11) is 0. The average molecular weight is 267 g/mol. The van der Waals surface area contributed by atoms with Crippen LogP contribution in [0, 0.1) is 0 Å². The second-order valence-corrected chi connectivity index (χ2v) is 4.90. The molecule has 0 aliphatic rings. The van der Waals surface area contributed by atoms with Crippen LogP contribution >= 0.6 is 11.8 Å². The van der Waals surface area contributed by atoms with E-state index in [0.29, 0.717) is 17.7 Å². The van der Waals surface area contributed by atoms with Gasteiger partial charge >= 0.3 is 5.97 Å².